The molecule has 1 N–H and O–H groups in total. The summed E-state index contributed by atoms with van der Waals surface area (Å²) >= 11 is 3.25. The Morgan fingerprint density at radius 1 is 1.29 bits per heavy atom. The molecule has 5 heteroatoms. The van der Waals surface area contributed by atoms with E-state index in [1.807, 2.05) is 6.07 Å². The third kappa shape index (κ3) is 2.60. The molecule has 0 atom stereocenters. The van der Waals surface area contributed by atoms with Crippen molar-refractivity contribution in [2.24, 2.45) is 0 Å². The fourth-order valence-corrected chi connectivity index (χ4v) is 1.72. The van der Waals surface area contributed by atoms with Crippen LogP contribution in [0.4, 0.5) is 15.9 Å². The van der Waals surface area contributed by atoms with Crippen LogP contribution in [0.25, 0.3) is 0 Å². The van der Waals surface area contributed by atoms with Gasteiger partial charge in [-0.25, -0.2) is 9.37 Å². The van der Waals surface area contributed by atoms with Crippen molar-refractivity contribution < 1.29 is 4.39 Å². The number of nitrogens with zero attached hydrogens (tertiary/aromatic N) is 2. The molecule has 0 spiro atoms. The second kappa shape index (κ2) is 4.93. The van der Waals surface area contributed by atoms with Crippen LogP contribution in [0, 0.1) is 17.1 Å². The van der Waals surface area contributed by atoms with Gasteiger partial charge in [0.2, 0.25) is 0 Å². The summed E-state index contributed by atoms with van der Waals surface area (Å²) in [5, 5.41) is 11.5. The highest BCUT2D eigenvalue weighted by atomic mass is 79.9. The molecule has 3 nitrogen and oxygen atoms in total. The van der Waals surface area contributed by atoms with Crippen LogP contribution in [0.15, 0.2) is 41.0 Å². The van der Waals surface area contributed by atoms with E-state index in [-0.39, 0.29) is 5.82 Å². The number of para-hydroxylation sites is 1. The van der Waals surface area contributed by atoms with E-state index in [1.54, 1.807) is 24.3 Å². The van der Waals surface area contributed by atoms with Crippen molar-refractivity contribution in [3.05, 3.63) is 52.4 Å². The molecule has 0 amide bonds. The average Bonchev–Trinajstić information content (AvgIpc) is 2.35. The number of halogens is 2. The summed E-state index contributed by atoms with van der Waals surface area (Å²) < 4.78 is 14.1. The largest absolute Gasteiger partial charge is 0.337 e. The first-order valence-corrected chi connectivity index (χ1v) is 5.57. The van der Waals surface area contributed by atoms with Gasteiger partial charge in [0.05, 0.1) is 11.3 Å². The quantitative estimate of drug-likeness (QED) is 0.920. The lowest BCUT2D eigenvalue weighted by molar-refractivity contribution is 0.631. The third-order valence-electron chi connectivity index (χ3n) is 2.11. The Kier molecular flexibility index (Phi) is 3.35. The maximum Gasteiger partial charge on any atom is 0.147 e. The van der Waals surface area contributed by atoms with E-state index in [1.165, 1.54) is 12.3 Å². The van der Waals surface area contributed by atoms with E-state index in [0.29, 0.717) is 21.5 Å². The first-order chi connectivity index (χ1) is 8.20. The monoisotopic (exact) mass is 291 g/mol. The van der Waals surface area contributed by atoms with Gasteiger partial charge in [0.1, 0.15) is 17.7 Å². The zero-order valence-electron chi connectivity index (χ0n) is 8.61. The molecule has 2 aromatic rings. The number of hydrogen-bond donors (Lipinski definition) is 1. The summed E-state index contributed by atoms with van der Waals surface area (Å²) in [5.41, 5.74) is 0.785. The van der Waals surface area contributed by atoms with Gasteiger partial charge in [-0.05, 0) is 40.2 Å². The van der Waals surface area contributed by atoms with Crippen molar-refractivity contribution >= 4 is 27.4 Å². The minimum Gasteiger partial charge on any atom is -0.337 e. The zero-order valence-corrected chi connectivity index (χ0v) is 10.2. The third-order valence-corrected chi connectivity index (χ3v) is 2.77. The Bertz CT molecular complexity index is 555. The molecule has 0 saturated heterocycles. The van der Waals surface area contributed by atoms with Crippen molar-refractivity contribution in [1.82, 2.24) is 4.98 Å². The van der Waals surface area contributed by atoms with Crippen molar-refractivity contribution in [2.45, 2.75) is 0 Å². The number of aromatic nitrogens is 1. The van der Waals surface area contributed by atoms with Crippen LogP contribution in [-0.4, -0.2) is 4.98 Å². The topological polar surface area (TPSA) is 48.7 Å². The van der Waals surface area contributed by atoms with Gasteiger partial charge in [-0.2, -0.15) is 5.26 Å². The molecule has 0 unspecified atom stereocenters. The number of rotatable bonds is 2. The molecule has 1 aromatic carbocycles. The lowest BCUT2D eigenvalue weighted by Crippen LogP contribution is -1.97. The van der Waals surface area contributed by atoms with E-state index in [9.17, 15) is 4.39 Å². The Balaban J connectivity index is 2.29. The van der Waals surface area contributed by atoms with Crippen molar-refractivity contribution in [1.29, 1.82) is 5.26 Å². The van der Waals surface area contributed by atoms with Crippen LogP contribution in [0.3, 0.4) is 0 Å². The molecule has 84 valence electrons. The maximum atomic E-state index is 13.5. The highest BCUT2D eigenvalue weighted by Gasteiger charge is 2.06. The molecule has 0 aliphatic heterocycles. The molecule has 0 bridgehead atoms. The smallest absolute Gasteiger partial charge is 0.147 e. The van der Waals surface area contributed by atoms with E-state index >= 15 is 0 Å². The molecule has 17 heavy (non-hydrogen) atoms. The second-order valence-corrected chi connectivity index (χ2v) is 4.12. The molecular formula is C12H7BrFN3. The molecule has 0 saturated carbocycles. The summed E-state index contributed by atoms with van der Waals surface area (Å²) in [6.07, 6.45) is 1.43. The van der Waals surface area contributed by atoms with Gasteiger partial charge in [-0.3, -0.25) is 0 Å². The van der Waals surface area contributed by atoms with Gasteiger partial charge in [0.25, 0.3) is 0 Å². The van der Waals surface area contributed by atoms with Crippen molar-refractivity contribution in [2.75, 3.05) is 5.32 Å². The minimum absolute atomic E-state index is 0.324. The molecule has 0 radical (unpaired) electrons. The lowest BCUT2D eigenvalue weighted by Gasteiger charge is -2.08. The number of anilines is 2. The minimum atomic E-state index is -0.370. The predicted molar refractivity (Wildman–Crippen MR) is 66.3 cm³/mol. The Hall–Kier alpha value is -1.93. The summed E-state index contributed by atoms with van der Waals surface area (Å²) in [4.78, 5) is 4.01. The number of nitrogens with one attached hydrogen (secondary N) is 1. The van der Waals surface area contributed by atoms with E-state index in [0.717, 1.165) is 0 Å². The Morgan fingerprint density at radius 3 is 2.71 bits per heavy atom. The van der Waals surface area contributed by atoms with Gasteiger partial charge in [0, 0.05) is 10.7 Å². The molecule has 1 aromatic heterocycles. The van der Waals surface area contributed by atoms with Gasteiger partial charge < -0.3 is 5.32 Å². The van der Waals surface area contributed by atoms with E-state index < -0.39 is 0 Å². The number of benzene rings is 1. The summed E-state index contributed by atoms with van der Waals surface area (Å²) in [7, 11) is 0. The van der Waals surface area contributed by atoms with Gasteiger partial charge in [-0.1, -0.05) is 6.07 Å². The standard InChI is InChI=1S/C12H7BrFN3/c13-9-2-1-3-10(14)12(9)17-11-5-4-8(6-15)7-16-11/h1-5,7H,(H,16,17). The van der Waals surface area contributed by atoms with Crippen LogP contribution in [0.2, 0.25) is 0 Å². The molecule has 0 fully saturated rings. The van der Waals surface area contributed by atoms with Crippen LogP contribution in [-0.2, 0) is 0 Å². The number of hydrogen-bond acceptors (Lipinski definition) is 3. The SMILES string of the molecule is N#Cc1ccc(Nc2c(F)cccc2Br)nc1. The number of nitriles is 1. The predicted octanol–water partition coefficient (Wildman–Crippen LogP) is 3.60. The normalized spacial score (nSPS) is 9.71. The highest BCUT2D eigenvalue weighted by molar-refractivity contribution is 9.10. The van der Waals surface area contributed by atoms with Gasteiger partial charge in [0.15, 0.2) is 0 Å². The molecular weight excluding hydrogens is 285 g/mol. The molecule has 0 aliphatic carbocycles. The van der Waals surface area contributed by atoms with Crippen LogP contribution in [0.5, 0.6) is 0 Å². The fraction of sp³-hybridized carbons (Fsp3) is 0. The Labute approximate surface area is 106 Å². The van der Waals surface area contributed by atoms with Gasteiger partial charge >= 0.3 is 0 Å². The van der Waals surface area contributed by atoms with Gasteiger partial charge in [-0.15, -0.1) is 0 Å². The molecule has 0 aliphatic rings. The van der Waals surface area contributed by atoms with Crippen LogP contribution < -0.4 is 5.32 Å². The summed E-state index contributed by atoms with van der Waals surface area (Å²) in [6, 6.07) is 9.90. The first kappa shape index (κ1) is 11.6. The zero-order chi connectivity index (χ0) is 12.3. The summed E-state index contributed by atoms with van der Waals surface area (Å²) in [5.74, 6) is 0.111. The summed E-state index contributed by atoms with van der Waals surface area (Å²) in [6.45, 7) is 0. The molecule has 2 rings (SSSR count). The first-order valence-electron chi connectivity index (χ1n) is 4.78. The molecule has 1 heterocycles. The van der Waals surface area contributed by atoms with Crippen molar-refractivity contribution in [3.63, 3.8) is 0 Å². The van der Waals surface area contributed by atoms with Crippen LogP contribution >= 0.6 is 15.9 Å². The van der Waals surface area contributed by atoms with E-state index in [4.69, 9.17) is 5.26 Å². The van der Waals surface area contributed by atoms with Crippen LogP contribution in [0.1, 0.15) is 5.56 Å². The number of pyridine rings is 1. The Morgan fingerprint density at radius 2 is 2.12 bits per heavy atom. The lowest BCUT2D eigenvalue weighted by atomic mass is 10.3. The fourth-order valence-electron chi connectivity index (χ4n) is 1.28. The highest BCUT2D eigenvalue weighted by Crippen LogP contribution is 2.27. The average molecular weight is 292 g/mol. The maximum absolute atomic E-state index is 13.5. The van der Waals surface area contributed by atoms with E-state index in [2.05, 4.69) is 26.2 Å². The second-order valence-electron chi connectivity index (χ2n) is 3.27. The van der Waals surface area contributed by atoms with Crippen molar-refractivity contribution in [3.8, 4) is 6.07 Å².